The summed E-state index contributed by atoms with van der Waals surface area (Å²) in [4.78, 5) is 31.5. The highest BCUT2D eigenvalue weighted by atomic mass is 32.2. The molecule has 134 valence electrons. The van der Waals surface area contributed by atoms with Crippen LogP contribution in [0.25, 0.3) is 11.0 Å². The fourth-order valence-corrected chi connectivity index (χ4v) is 3.19. The van der Waals surface area contributed by atoms with Crippen LogP contribution in [-0.2, 0) is 4.79 Å². The predicted molar refractivity (Wildman–Crippen MR) is 103 cm³/mol. The molecule has 1 heterocycles. The highest BCUT2D eigenvalue weighted by Gasteiger charge is 2.08. The molecule has 0 fully saturated rings. The van der Waals surface area contributed by atoms with Crippen LogP contribution in [0.3, 0.4) is 0 Å². The third-order valence-corrected chi connectivity index (χ3v) is 4.74. The smallest absolute Gasteiger partial charge is 0.269 e. The summed E-state index contributed by atoms with van der Waals surface area (Å²) < 4.78 is 0. The molecule has 0 aliphatic rings. The minimum absolute atomic E-state index is 0.212. The number of aryl methyl sites for hydroxylation is 1. The molecular formula is C19H20N4O2S. The number of aromatic amines is 1. The van der Waals surface area contributed by atoms with E-state index in [1.165, 1.54) is 0 Å². The predicted octanol–water partition coefficient (Wildman–Crippen LogP) is 3.20. The lowest BCUT2D eigenvalue weighted by molar-refractivity contribution is -0.121. The van der Waals surface area contributed by atoms with Gasteiger partial charge in [-0.15, -0.1) is 0 Å². The van der Waals surface area contributed by atoms with Crippen molar-refractivity contribution >= 4 is 34.6 Å². The van der Waals surface area contributed by atoms with Crippen molar-refractivity contribution in [3.8, 4) is 0 Å². The summed E-state index contributed by atoms with van der Waals surface area (Å²) in [6.45, 7) is 1.95. The van der Waals surface area contributed by atoms with Crippen molar-refractivity contribution in [2.45, 2.75) is 24.9 Å². The van der Waals surface area contributed by atoms with Crippen molar-refractivity contribution in [1.29, 1.82) is 0 Å². The molecule has 7 heteroatoms. The van der Waals surface area contributed by atoms with Crippen LogP contribution in [0.1, 0.15) is 28.8 Å². The van der Waals surface area contributed by atoms with E-state index in [0.29, 0.717) is 18.4 Å². The third-order valence-electron chi connectivity index (χ3n) is 3.78. The van der Waals surface area contributed by atoms with Gasteiger partial charge in [-0.2, -0.15) is 0 Å². The van der Waals surface area contributed by atoms with Gasteiger partial charge < -0.3 is 4.98 Å². The number of benzene rings is 2. The summed E-state index contributed by atoms with van der Waals surface area (Å²) in [6, 6.07) is 15.0. The molecule has 0 spiro atoms. The molecule has 0 aliphatic heterocycles. The number of nitrogens with zero attached hydrogens (tertiary/aromatic N) is 1. The number of H-pyrrole nitrogens is 1. The number of carbonyl (C=O) groups excluding carboxylic acids is 2. The van der Waals surface area contributed by atoms with E-state index in [2.05, 4.69) is 20.8 Å². The highest BCUT2D eigenvalue weighted by Crippen LogP contribution is 2.20. The Hall–Kier alpha value is -2.80. The van der Waals surface area contributed by atoms with Crippen LogP contribution >= 0.6 is 11.8 Å². The first kappa shape index (κ1) is 18.0. The second-order valence-electron chi connectivity index (χ2n) is 5.88. The molecule has 2 aromatic carbocycles. The average molecular weight is 368 g/mol. The first-order chi connectivity index (χ1) is 12.6. The van der Waals surface area contributed by atoms with Gasteiger partial charge in [0.05, 0.1) is 11.0 Å². The molecule has 2 amide bonds. The molecule has 0 unspecified atom stereocenters. The lowest BCUT2D eigenvalue weighted by Gasteiger charge is -2.07. The minimum atomic E-state index is -0.324. The molecule has 0 bridgehead atoms. The van der Waals surface area contributed by atoms with Crippen LogP contribution in [0.4, 0.5) is 0 Å². The van der Waals surface area contributed by atoms with E-state index >= 15 is 0 Å². The molecule has 0 radical (unpaired) electrons. The second kappa shape index (κ2) is 8.53. The number of imidazole rings is 1. The van der Waals surface area contributed by atoms with E-state index in [1.807, 2.05) is 43.3 Å². The van der Waals surface area contributed by atoms with E-state index in [-0.39, 0.29) is 11.8 Å². The quantitative estimate of drug-likeness (QED) is 0.354. The van der Waals surface area contributed by atoms with Gasteiger partial charge in [-0.25, -0.2) is 4.98 Å². The number of para-hydroxylation sites is 2. The van der Waals surface area contributed by atoms with E-state index < -0.39 is 0 Å². The zero-order valence-corrected chi connectivity index (χ0v) is 15.2. The standard InChI is InChI=1S/C19H20N4O2S/c1-13-8-10-14(11-9-13)18(25)23-22-17(24)7-4-12-26-19-20-15-5-2-3-6-16(15)21-19/h2-3,5-6,8-11H,4,7,12H2,1H3,(H,20,21)(H,22,24)(H,23,25). The molecule has 0 atom stereocenters. The normalized spacial score (nSPS) is 10.7. The summed E-state index contributed by atoms with van der Waals surface area (Å²) in [5.41, 5.74) is 8.40. The molecule has 0 saturated carbocycles. The maximum Gasteiger partial charge on any atom is 0.269 e. The molecule has 0 saturated heterocycles. The van der Waals surface area contributed by atoms with Crippen LogP contribution in [0.5, 0.6) is 0 Å². The van der Waals surface area contributed by atoms with E-state index in [1.54, 1.807) is 23.9 Å². The Balaban J connectivity index is 1.36. The van der Waals surface area contributed by atoms with Gasteiger partial charge in [-0.1, -0.05) is 41.6 Å². The van der Waals surface area contributed by atoms with Gasteiger partial charge in [0.2, 0.25) is 5.91 Å². The Morgan fingerprint density at radius 3 is 2.62 bits per heavy atom. The minimum Gasteiger partial charge on any atom is -0.333 e. The zero-order chi connectivity index (χ0) is 18.4. The molecule has 3 rings (SSSR count). The number of amides is 2. The number of carbonyl (C=O) groups is 2. The van der Waals surface area contributed by atoms with Crippen molar-refractivity contribution < 1.29 is 9.59 Å². The van der Waals surface area contributed by atoms with Crippen molar-refractivity contribution in [2.75, 3.05) is 5.75 Å². The molecule has 26 heavy (non-hydrogen) atoms. The number of hydrogen-bond acceptors (Lipinski definition) is 4. The van der Waals surface area contributed by atoms with Crippen LogP contribution in [0.2, 0.25) is 0 Å². The largest absolute Gasteiger partial charge is 0.333 e. The van der Waals surface area contributed by atoms with Gasteiger partial charge in [-0.05, 0) is 37.6 Å². The van der Waals surface area contributed by atoms with Crippen LogP contribution < -0.4 is 10.9 Å². The van der Waals surface area contributed by atoms with E-state index in [9.17, 15) is 9.59 Å². The van der Waals surface area contributed by atoms with Gasteiger partial charge >= 0.3 is 0 Å². The van der Waals surface area contributed by atoms with Gasteiger partial charge in [0.25, 0.3) is 5.91 Å². The summed E-state index contributed by atoms with van der Waals surface area (Å²) in [7, 11) is 0. The number of rotatable bonds is 6. The number of hydrogen-bond donors (Lipinski definition) is 3. The van der Waals surface area contributed by atoms with Crippen LogP contribution in [0.15, 0.2) is 53.7 Å². The number of thioether (sulfide) groups is 1. The highest BCUT2D eigenvalue weighted by molar-refractivity contribution is 7.99. The summed E-state index contributed by atoms with van der Waals surface area (Å²) in [6.07, 6.45) is 1.02. The first-order valence-electron chi connectivity index (χ1n) is 8.35. The summed E-state index contributed by atoms with van der Waals surface area (Å²) in [5.74, 6) is 0.227. The number of nitrogens with one attached hydrogen (secondary N) is 3. The molecule has 6 nitrogen and oxygen atoms in total. The Morgan fingerprint density at radius 1 is 1.08 bits per heavy atom. The zero-order valence-electron chi connectivity index (χ0n) is 14.4. The fourth-order valence-electron chi connectivity index (χ4n) is 2.37. The van der Waals surface area contributed by atoms with Crippen LogP contribution in [0, 0.1) is 6.92 Å². The van der Waals surface area contributed by atoms with Gasteiger partial charge in [0.15, 0.2) is 5.16 Å². The number of fused-ring (bicyclic) bond motifs is 1. The Kier molecular flexibility index (Phi) is 5.91. The molecule has 0 aliphatic carbocycles. The fraction of sp³-hybridized carbons (Fsp3) is 0.211. The summed E-state index contributed by atoms with van der Waals surface area (Å²) >= 11 is 1.58. The van der Waals surface area contributed by atoms with E-state index in [4.69, 9.17) is 0 Å². The summed E-state index contributed by atoms with van der Waals surface area (Å²) in [5, 5.41) is 0.847. The number of aromatic nitrogens is 2. The van der Waals surface area contributed by atoms with Crippen LogP contribution in [-0.4, -0.2) is 27.5 Å². The number of hydrazine groups is 1. The van der Waals surface area contributed by atoms with Crippen molar-refractivity contribution in [3.63, 3.8) is 0 Å². The Morgan fingerprint density at radius 2 is 1.85 bits per heavy atom. The van der Waals surface area contributed by atoms with Gasteiger partial charge in [-0.3, -0.25) is 20.4 Å². The average Bonchev–Trinajstić information content (AvgIpc) is 3.06. The van der Waals surface area contributed by atoms with Crippen molar-refractivity contribution in [3.05, 3.63) is 59.7 Å². The monoisotopic (exact) mass is 368 g/mol. The SMILES string of the molecule is Cc1ccc(C(=O)NNC(=O)CCCSc2nc3ccccc3[nH]2)cc1. The molecule has 1 aromatic heterocycles. The second-order valence-corrected chi connectivity index (χ2v) is 6.96. The van der Waals surface area contributed by atoms with Gasteiger partial charge in [0, 0.05) is 17.7 Å². The van der Waals surface area contributed by atoms with Gasteiger partial charge in [0.1, 0.15) is 0 Å². The third kappa shape index (κ3) is 4.86. The molecular weight excluding hydrogens is 348 g/mol. The molecule has 3 aromatic rings. The van der Waals surface area contributed by atoms with E-state index in [0.717, 1.165) is 27.5 Å². The lowest BCUT2D eigenvalue weighted by Crippen LogP contribution is -2.41. The topological polar surface area (TPSA) is 86.9 Å². The Bertz CT molecular complexity index is 872. The van der Waals surface area contributed by atoms with Crippen molar-refractivity contribution in [1.82, 2.24) is 20.8 Å². The lowest BCUT2D eigenvalue weighted by atomic mass is 10.1. The maximum absolute atomic E-state index is 11.9. The maximum atomic E-state index is 11.9. The first-order valence-corrected chi connectivity index (χ1v) is 9.34. The molecule has 3 N–H and O–H groups in total. The van der Waals surface area contributed by atoms with Crippen molar-refractivity contribution in [2.24, 2.45) is 0 Å². The Labute approximate surface area is 155 Å².